The number of methoxy groups -OCH3 is 1. The molecule has 2 fully saturated rings. The van der Waals surface area contributed by atoms with Gasteiger partial charge in [-0.15, -0.1) is 11.3 Å². The fourth-order valence-electron chi connectivity index (χ4n) is 3.80. The van der Waals surface area contributed by atoms with Crippen molar-refractivity contribution in [2.45, 2.75) is 38.1 Å². The van der Waals surface area contributed by atoms with E-state index in [1.165, 1.54) is 37.0 Å². The van der Waals surface area contributed by atoms with E-state index in [0.29, 0.717) is 46.0 Å². The molecule has 7 heteroatoms. The first kappa shape index (κ1) is 20.1. The van der Waals surface area contributed by atoms with Crippen LogP contribution < -0.4 is 20.3 Å². The summed E-state index contributed by atoms with van der Waals surface area (Å²) in [6.45, 7) is 1.72. The largest absolute Gasteiger partial charge is 0.493 e. The van der Waals surface area contributed by atoms with Crippen molar-refractivity contribution in [1.29, 1.82) is 0 Å². The van der Waals surface area contributed by atoms with Gasteiger partial charge in [-0.3, -0.25) is 9.36 Å². The van der Waals surface area contributed by atoms with Crippen molar-refractivity contribution in [2.75, 3.05) is 20.3 Å². The van der Waals surface area contributed by atoms with E-state index in [0.717, 1.165) is 17.8 Å². The van der Waals surface area contributed by atoms with E-state index in [2.05, 4.69) is 22.1 Å². The van der Waals surface area contributed by atoms with Crippen LogP contribution in [0.15, 0.2) is 35.4 Å². The zero-order valence-corrected chi connectivity index (χ0v) is 18.3. The van der Waals surface area contributed by atoms with Gasteiger partial charge < -0.3 is 14.8 Å². The van der Waals surface area contributed by atoms with Crippen LogP contribution in [0.5, 0.6) is 11.5 Å². The first-order chi connectivity index (χ1) is 15.2. The highest BCUT2D eigenvalue weighted by Crippen LogP contribution is 2.30. The number of fused-ring (bicyclic) bond motifs is 1. The molecule has 1 saturated carbocycles. The number of nitrogens with one attached hydrogen (secondary N) is 1. The molecule has 1 atom stereocenters. The predicted molar refractivity (Wildman–Crippen MR) is 123 cm³/mol. The maximum absolute atomic E-state index is 13.1. The van der Waals surface area contributed by atoms with E-state index >= 15 is 0 Å². The molecule has 2 aliphatic rings. The highest BCUT2D eigenvalue weighted by molar-refractivity contribution is 7.19. The number of hydrogen-bond acceptors (Lipinski definition) is 6. The predicted octanol–water partition coefficient (Wildman–Crippen LogP) is 3.74. The molecule has 1 aliphatic carbocycles. The Bertz CT molecular complexity index is 1210. The Morgan fingerprint density at radius 3 is 2.94 bits per heavy atom. The topological polar surface area (TPSA) is 65.4 Å². The van der Waals surface area contributed by atoms with Crippen LogP contribution in [0.4, 0.5) is 0 Å². The molecule has 6 nitrogen and oxygen atoms in total. The number of aromatic nitrogens is 2. The molecular formula is C24H25N3O3S. The normalized spacial score (nSPS) is 18.0. The first-order valence-electron chi connectivity index (χ1n) is 10.8. The van der Waals surface area contributed by atoms with Crippen molar-refractivity contribution in [1.82, 2.24) is 14.9 Å². The second kappa shape index (κ2) is 8.74. The minimum Gasteiger partial charge on any atom is -0.493 e. The van der Waals surface area contributed by atoms with Gasteiger partial charge in [-0.2, -0.15) is 0 Å². The fourth-order valence-corrected chi connectivity index (χ4v) is 4.70. The first-order valence-corrected chi connectivity index (χ1v) is 11.6. The summed E-state index contributed by atoms with van der Waals surface area (Å²) in [4.78, 5) is 18.5. The monoisotopic (exact) mass is 435 g/mol. The lowest BCUT2D eigenvalue weighted by Gasteiger charge is -2.15. The number of thiophene rings is 1. The average Bonchev–Trinajstić information content (AvgIpc) is 3.28. The SMILES string of the molecule is COc1cc(-n2cnc3cc(C#CC4CC4)sc3c2=O)ccc1OCCC1CCCN1. The fraction of sp³-hybridized carbons (Fsp3) is 0.417. The van der Waals surface area contributed by atoms with Crippen LogP contribution in [0.1, 0.15) is 37.0 Å². The van der Waals surface area contributed by atoms with Crippen LogP contribution >= 0.6 is 11.3 Å². The Balaban J connectivity index is 1.37. The third kappa shape index (κ3) is 4.46. The molecule has 1 aromatic carbocycles. The molecule has 3 aromatic rings. The molecule has 160 valence electrons. The van der Waals surface area contributed by atoms with Crippen molar-refractivity contribution >= 4 is 21.6 Å². The molecule has 31 heavy (non-hydrogen) atoms. The van der Waals surface area contributed by atoms with Gasteiger partial charge in [-0.25, -0.2) is 4.98 Å². The van der Waals surface area contributed by atoms with E-state index < -0.39 is 0 Å². The summed E-state index contributed by atoms with van der Waals surface area (Å²) in [5, 5.41) is 3.48. The highest BCUT2D eigenvalue weighted by atomic mass is 32.1. The lowest BCUT2D eigenvalue weighted by molar-refractivity contribution is 0.275. The summed E-state index contributed by atoms with van der Waals surface area (Å²) < 4.78 is 13.6. The van der Waals surface area contributed by atoms with E-state index in [9.17, 15) is 4.79 Å². The molecular weight excluding hydrogens is 410 g/mol. The molecule has 1 unspecified atom stereocenters. The standard InChI is InChI=1S/C24H25N3O3S/c1-29-22-13-18(7-9-21(22)30-12-10-17-3-2-11-25-17)27-15-26-20-14-19(8-6-16-4-5-16)31-23(20)24(27)28/h7,9,13-17,25H,2-5,10-12H2,1H3. The Morgan fingerprint density at radius 2 is 2.16 bits per heavy atom. The summed E-state index contributed by atoms with van der Waals surface area (Å²) in [5.74, 6) is 8.24. The van der Waals surface area contributed by atoms with Crippen LogP contribution in [0.25, 0.3) is 15.9 Å². The molecule has 1 aliphatic heterocycles. The summed E-state index contributed by atoms with van der Waals surface area (Å²) in [6.07, 6.45) is 7.33. The molecule has 2 aromatic heterocycles. The molecule has 1 saturated heterocycles. The van der Waals surface area contributed by atoms with Crippen LogP contribution in [0.2, 0.25) is 0 Å². The van der Waals surface area contributed by atoms with Crippen LogP contribution in [0, 0.1) is 17.8 Å². The number of benzene rings is 1. The Kier molecular flexibility index (Phi) is 5.66. The zero-order chi connectivity index (χ0) is 21.2. The van der Waals surface area contributed by atoms with E-state index in [4.69, 9.17) is 9.47 Å². The Hall–Kier alpha value is -2.82. The van der Waals surface area contributed by atoms with Crippen molar-refractivity contribution in [2.24, 2.45) is 5.92 Å². The molecule has 0 radical (unpaired) electrons. The minimum atomic E-state index is -0.0995. The maximum atomic E-state index is 13.1. The third-order valence-corrected chi connectivity index (χ3v) is 6.75. The van der Waals surface area contributed by atoms with Gasteiger partial charge in [0.15, 0.2) is 11.5 Å². The minimum absolute atomic E-state index is 0.0995. The summed E-state index contributed by atoms with van der Waals surface area (Å²) >= 11 is 1.41. The lowest BCUT2D eigenvalue weighted by atomic mass is 10.2. The van der Waals surface area contributed by atoms with Crippen LogP contribution in [-0.2, 0) is 0 Å². The second-order valence-electron chi connectivity index (χ2n) is 8.05. The third-order valence-electron chi connectivity index (χ3n) is 5.73. The maximum Gasteiger partial charge on any atom is 0.275 e. The van der Waals surface area contributed by atoms with Gasteiger partial charge in [0.2, 0.25) is 0 Å². The second-order valence-corrected chi connectivity index (χ2v) is 9.11. The van der Waals surface area contributed by atoms with Gasteiger partial charge in [-0.1, -0.05) is 11.8 Å². The van der Waals surface area contributed by atoms with Crippen molar-refractivity contribution < 1.29 is 9.47 Å². The summed E-state index contributed by atoms with van der Waals surface area (Å²) in [6, 6.07) is 7.97. The van der Waals surface area contributed by atoms with E-state index in [-0.39, 0.29) is 5.56 Å². The van der Waals surface area contributed by atoms with Gasteiger partial charge in [0.1, 0.15) is 11.0 Å². The van der Waals surface area contributed by atoms with Gasteiger partial charge >= 0.3 is 0 Å². The van der Waals surface area contributed by atoms with Crippen molar-refractivity contribution in [3.05, 3.63) is 45.8 Å². The molecule has 0 amide bonds. The van der Waals surface area contributed by atoms with E-state index in [1.807, 2.05) is 24.3 Å². The number of ether oxygens (including phenoxy) is 2. The van der Waals surface area contributed by atoms with Crippen LogP contribution in [-0.4, -0.2) is 35.9 Å². The van der Waals surface area contributed by atoms with Gasteiger partial charge in [-0.05, 0) is 56.8 Å². The van der Waals surface area contributed by atoms with Crippen molar-refractivity contribution in [3.8, 4) is 29.0 Å². The molecule has 5 rings (SSSR count). The molecule has 3 heterocycles. The highest BCUT2D eigenvalue weighted by Gasteiger charge is 2.18. The molecule has 1 N–H and O–H groups in total. The Morgan fingerprint density at radius 1 is 1.26 bits per heavy atom. The lowest BCUT2D eigenvalue weighted by Crippen LogP contribution is -2.23. The Labute approximate surface area is 185 Å². The molecule has 0 spiro atoms. The number of rotatable bonds is 6. The summed E-state index contributed by atoms with van der Waals surface area (Å²) in [5.41, 5.74) is 1.29. The molecule has 0 bridgehead atoms. The quantitative estimate of drug-likeness (QED) is 0.598. The van der Waals surface area contributed by atoms with Gasteiger partial charge in [0, 0.05) is 18.0 Å². The van der Waals surface area contributed by atoms with Gasteiger partial charge in [0.05, 0.1) is 29.8 Å². The summed E-state index contributed by atoms with van der Waals surface area (Å²) in [7, 11) is 1.61. The van der Waals surface area contributed by atoms with Crippen molar-refractivity contribution in [3.63, 3.8) is 0 Å². The van der Waals surface area contributed by atoms with Gasteiger partial charge in [0.25, 0.3) is 5.56 Å². The zero-order valence-electron chi connectivity index (χ0n) is 17.5. The van der Waals surface area contributed by atoms with E-state index in [1.54, 1.807) is 18.0 Å². The number of nitrogens with zero attached hydrogens (tertiary/aromatic N) is 2. The smallest absolute Gasteiger partial charge is 0.275 e. The number of hydrogen-bond donors (Lipinski definition) is 1. The average molecular weight is 436 g/mol. The van der Waals surface area contributed by atoms with Crippen LogP contribution in [0.3, 0.4) is 0 Å².